The number of H-pyrrole nitrogens is 1. The lowest BCUT2D eigenvalue weighted by molar-refractivity contribution is 0.856. The predicted molar refractivity (Wildman–Crippen MR) is 41.7 cm³/mol. The molecule has 0 radical (unpaired) electrons. The van der Waals surface area contributed by atoms with Crippen molar-refractivity contribution >= 4 is 5.82 Å². The number of anilines is 1. The van der Waals surface area contributed by atoms with E-state index in [9.17, 15) is 0 Å². The zero-order valence-corrected chi connectivity index (χ0v) is 6.39. The number of nitrogens with two attached hydrogens (primary N) is 1. The van der Waals surface area contributed by atoms with Crippen LogP contribution in [0.25, 0.3) is 0 Å². The largest absolute Gasteiger partial charge is 0.381 e. The minimum atomic E-state index is 0.302. The van der Waals surface area contributed by atoms with Gasteiger partial charge in [0.1, 0.15) is 11.9 Å². The number of imidazole rings is 1. The lowest BCUT2D eigenvalue weighted by Gasteiger charge is -1.86. The van der Waals surface area contributed by atoms with Crippen LogP contribution in [0.2, 0.25) is 0 Å². The first kappa shape index (κ1) is 7.61. The molecule has 58 valence electrons. The maximum atomic E-state index is 8.50. The van der Waals surface area contributed by atoms with Crippen LogP contribution in [0.15, 0.2) is 0 Å². The van der Waals surface area contributed by atoms with Crippen LogP contribution in [-0.4, -0.2) is 9.97 Å². The van der Waals surface area contributed by atoms with Crippen molar-refractivity contribution in [1.29, 1.82) is 5.26 Å². The molecule has 1 aromatic heterocycles. The van der Waals surface area contributed by atoms with E-state index in [1.165, 1.54) is 0 Å². The summed E-state index contributed by atoms with van der Waals surface area (Å²) in [5.41, 5.74) is 5.79. The molecule has 0 saturated carbocycles. The van der Waals surface area contributed by atoms with Crippen LogP contribution in [0.3, 0.4) is 0 Å². The topological polar surface area (TPSA) is 78.5 Å². The van der Waals surface area contributed by atoms with Crippen molar-refractivity contribution in [3.05, 3.63) is 11.5 Å². The highest BCUT2D eigenvalue weighted by molar-refractivity contribution is 5.44. The predicted octanol–water partition coefficient (Wildman–Crippen LogP) is 0.816. The van der Waals surface area contributed by atoms with E-state index in [-0.39, 0.29) is 0 Å². The molecule has 1 rings (SSSR count). The molecule has 0 amide bonds. The van der Waals surface area contributed by atoms with E-state index < -0.39 is 0 Å². The molecule has 0 aliphatic rings. The zero-order chi connectivity index (χ0) is 8.27. The number of nitrogens with zero attached hydrogens (tertiary/aromatic N) is 2. The number of aromatic amines is 1. The summed E-state index contributed by atoms with van der Waals surface area (Å²) < 4.78 is 0. The Balaban J connectivity index is 2.89. The van der Waals surface area contributed by atoms with Gasteiger partial charge in [-0.3, -0.25) is 0 Å². The first-order chi connectivity index (χ1) is 5.27. The van der Waals surface area contributed by atoms with E-state index in [1.54, 1.807) is 0 Å². The number of rotatable bonds is 2. The highest BCUT2D eigenvalue weighted by Gasteiger charge is 2.03. The quantitative estimate of drug-likeness (QED) is 0.655. The van der Waals surface area contributed by atoms with Gasteiger partial charge in [0.2, 0.25) is 0 Å². The number of hydrogen-bond donors (Lipinski definition) is 2. The van der Waals surface area contributed by atoms with E-state index in [1.807, 2.05) is 13.0 Å². The third kappa shape index (κ3) is 1.49. The third-order valence-corrected chi connectivity index (χ3v) is 1.38. The SMILES string of the molecule is CCCc1nc(N)c(C#N)[nH]1. The van der Waals surface area contributed by atoms with Crippen LogP contribution < -0.4 is 5.73 Å². The first-order valence-corrected chi connectivity index (χ1v) is 3.52. The van der Waals surface area contributed by atoms with E-state index in [0.717, 1.165) is 18.7 Å². The summed E-state index contributed by atoms with van der Waals surface area (Å²) >= 11 is 0. The Morgan fingerprint density at radius 1 is 1.73 bits per heavy atom. The summed E-state index contributed by atoms with van der Waals surface area (Å²) in [6.45, 7) is 2.05. The van der Waals surface area contributed by atoms with Crippen LogP contribution in [0.5, 0.6) is 0 Å². The van der Waals surface area contributed by atoms with Crippen molar-refractivity contribution in [2.24, 2.45) is 0 Å². The molecule has 4 nitrogen and oxygen atoms in total. The molecule has 0 aliphatic carbocycles. The van der Waals surface area contributed by atoms with Gasteiger partial charge in [0.25, 0.3) is 0 Å². The average Bonchev–Trinajstić information content (AvgIpc) is 2.32. The Morgan fingerprint density at radius 3 is 2.91 bits per heavy atom. The molecule has 0 aromatic carbocycles. The number of nitrogens with one attached hydrogen (secondary N) is 1. The van der Waals surface area contributed by atoms with Crippen molar-refractivity contribution in [2.45, 2.75) is 19.8 Å². The van der Waals surface area contributed by atoms with Gasteiger partial charge in [0.15, 0.2) is 11.5 Å². The summed E-state index contributed by atoms with van der Waals surface area (Å²) in [5.74, 6) is 1.09. The van der Waals surface area contributed by atoms with Gasteiger partial charge in [-0.25, -0.2) is 4.98 Å². The molecule has 3 N–H and O–H groups in total. The Bertz CT molecular complexity index is 281. The Kier molecular flexibility index (Phi) is 2.12. The summed E-state index contributed by atoms with van der Waals surface area (Å²) in [4.78, 5) is 6.81. The second kappa shape index (κ2) is 3.06. The minimum Gasteiger partial charge on any atom is -0.381 e. The molecule has 0 spiro atoms. The number of nitrogen functional groups attached to an aromatic ring is 1. The molecule has 0 unspecified atom stereocenters. The standard InChI is InChI=1S/C7H10N4/c1-2-3-6-10-5(4-8)7(9)11-6/h2-3,9H2,1H3,(H,10,11). The van der Waals surface area contributed by atoms with E-state index in [0.29, 0.717) is 11.5 Å². The highest BCUT2D eigenvalue weighted by atomic mass is 15.0. The van der Waals surface area contributed by atoms with Gasteiger partial charge in [-0.15, -0.1) is 0 Å². The molecule has 0 saturated heterocycles. The van der Waals surface area contributed by atoms with Gasteiger partial charge in [-0.2, -0.15) is 5.26 Å². The normalized spacial score (nSPS) is 9.45. The van der Waals surface area contributed by atoms with Gasteiger partial charge in [-0.1, -0.05) is 6.92 Å². The van der Waals surface area contributed by atoms with E-state index >= 15 is 0 Å². The smallest absolute Gasteiger partial charge is 0.161 e. The molecule has 4 heteroatoms. The van der Waals surface area contributed by atoms with Gasteiger partial charge in [0.05, 0.1) is 0 Å². The summed E-state index contributed by atoms with van der Waals surface area (Å²) in [6, 6.07) is 1.93. The minimum absolute atomic E-state index is 0.302. The van der Waals surface area contributed by atoms with Crippen LogP contribution in [-0.2, 0) is 6.42 Å². The van der Waals surface area contributed by atoms with E-state index in [4.69, 9.17) is 11.0 Å². The van der Waals surface area contributed by atoms with Crippen molar-refractivity contribution in [2.75, 3.05) is 5.73 Å². The van der Waals surface area contributed by atoms with Gasteiger partial charge < -0.3 is 10.7 Å². The molecular weight excluding hydrogens is 140 g/mol. The maximum Gasteiger partial charge on any atom is 0.161 e. The average molecular weight is 150 g/mol. The highest BCUT2D eigenvalue weighted by Crippen LogP contribution is 2.07. The fraction of sp³-hybridized carbons (Fsp3) is 0.429. The van der Waals surface area contributed by atoms with Crippen LogP contribution >= 0.6 is 0 Å². The zero-order valence-electron chi connectivity index (χ0n) is 6.39. The van der Waals surface area contributed by atoms with Crippen LogP contribution in [0, 0.1) is 11.3 Å². The van der Waals surface area contributed by atoms with Gasteiger partial charge in [0, 0.05) is 6.42 Å². The number of nitriles is 1. The molecule has 0 fully saturated rings. The number of hydrogen-bond acceptors (Lipinski definition) is 3. The molecule has 11 heavy (non-hydrogen) atoms. The van der Waals surface area contributed by atoms with E-state index in [2.05, 4.69) is 9.97 Å². The Morgan fingerprint density at radius 2 is 2.45 bits per heavy atom. The third-order valence-electron chi connectivity index (χ3n) is 1.38. The van der Waals surface area contributed by atoms with Crippen molar-refractivity contribution in [1.82, 2.24) is 9.97 Å². The first-order valence-electron chi connectivity index (χ1n) is 3.52. The van der Waals surface area contributed by atoms with Crippen LogP contribution in [0.1, 0.15) is 24.9 Å². The summed E-state index contributed by atoms with van der Waals surface area (Å²) in [7, 11) is 0. The summed E-state index contributed by atoms with van der Waals surface area (Å²) in [6.07, 6.45) is 1.84. The Labute approximate surface area is 65.1 Å². The van der Waals surface area contributed by atoms with Crippen molar-refractivity contribution in [3.8, 4) is 6.07 Å². The fourth-order valence-electron chi connectivity index (χ4n) is 0.878. The Hall–Kier alpha value is -1.50. The van der Waals surface area contributed by atoms with Gasteiger partial charge in [-0.05, 0) is 6.42 Å². The van der Waals surface area contributed by atoms with Crippen molar-refractivity contribution in [3.63, 3.8) is 0 Å². The lowest BCUT2D eigenvalue weighted by atomic mass is 10.3. The molecular formula is C7H10N4. The number of aromatic nitrogens is 2. The second-order valence-corrected chi connectivity index (χ2v) is 2.31. The molecule has 0 bridgehead atoms. The number of aryl methyl sites for hydroxylation is 1. The fourth-order valence-corrected chi connectivity index (χ4v) is 0.878. The second-order valence-electron chi connectivity index (χ2n) is 2.31. The molecule has 1 aromatic rings. The molecule has 1 heterocycles. The molecule has 0 atom stereocenters. The van der Waals surface area contributed by atoms with Crippen molar-refractivity contribution < 1.29 is 0 Å². The lowest BCUT2D eigenvalue weighted by Crippen LogP contribution is -1.87. The van der Waals surface area contributed by atoms with Crippen LogP contribution in [0.4, 0.5) is 5.82 Å². The monoisotopic (exact) mass is 150 g/mol. The van der Waals surface area contributed by atoms with Gasteiger partial charge >= 0.3 is 0 Å². The maximum absolute atomic E-state index is 8.50. The summed E-state index contributed by atoms with van der Waals surface area (Å²) in [5, 5.41) is 8.50. The molecule has 0 aliphatic heterocycles.